The molecule has 4 fully saturated rings. The van der Waals surface area contributed by atoms with Gasteiger partial charge in [0.1, 0.15) is 23.6 Å². The number of hydrogen-bond acceptors (Lipinski definition) is 11. The molecule has 6 aliphatic heterocycles. The Morgan fingerprint density at radius 3 is 2.26 bits per heavy atom. The highest BCUT2D eigenvalue weighted by Crippen LogP contribution is 2.46. The Balaban J connectivity index is 0.745. The number of benzene rings is 2. The van der Waals surface area contributed by atoms with Crippen LogP contribution in [0.25, 0.3) is 0 Å². The van der Waals surface area contributed by atoms with Crippen molar-refractivity contribution in [3.8, 4) is 6.07 Å². The number of likely N-dealkylation sites (tertiary alicyclic amines) is 1. The van der Waals surface area contributed by atoms with E-state index in [0.717, 1.165) is 85.8 Å². The fourth-order valence-electron chi connectivity index (χ4n) is 10.0. The third-order valence-corrected chi connectivity index (χ3v) is 13.5. The summed E-state index contributed by atoms with van der Waals surface area (Å²) in [5.41, 5.74) is 4.75. The van der Waals surface area contributed by atoms with E-state index in [0.29, 0.717) is 65.5 Å². The highest BCUT2D eigenvalue weighted by atomic mass is 35.5. The van der Waals surface area contributed by atoms with E-state index in [1.807, 2.05) is 17.0 Å². The fourth-order valence-corrected chi connectivity index (χ4v) is 10.2. The van der Waals surface area contributed by atoms with E-state index in [1.54, 1.807) is 30.6 Å². The van der Waals surface area contributed by atoms with E-state index in [1.165, 1.54) is 0 Å². The number of rotatable bonds is 6. The number of aromatic nitrogens is 2. The summed E-state index contributed by atoms with van der Waals surface area (Å²) < 4.78 is 0. The normalized spacial score (nSPS) is 23.6. The molecule has 1 unspecified atom stereocenters. The summed E-state index contributed by atoms with van der Waals surface area (Å²) >= 11 is 6.36. The summed E-state index contributed by atoms with van der Waals surface area (Å²) in [4.78, 5) is 83.3. The van der Waals surface area contributed by atoms with E-state index < -0.39 is 29.7 Å². The van der Waals surface area contributed by atoms with Crippen molar-refractivity contribution in [2.45, 2.75) is 77.0 Å². The third-order valence-electron chi connectivity index (χ3n) is 13.1. The van der Waals surface area contributed by atoms with E-state index in [4.69, 9.17) is 11.6 Å². The Labute approximate surface area is 335 Å². The van der Waals surface area contributed by atoms with Gasteiger partial charge in [-0.05, 0) is 98.2 Å². The smallest absolute Gasteiger partial charge is 0.274 e. The second kappa shape index (κ2) is 14.5. The number of hydrogen-bond donors (Lipinski definition) is 1. The third kappa shape index (κ3) is 6.80. The average Bonchev–Trinajstić information content (AvgIpc) is 3.84. The Bertz CT molecular complexity index is 2180. The highest BCUT2D eigenvalue weighted by molar-refractivity contribution is 6.32. The number of nitrogens with one attached hydrogen (secondary N) is 1. The topological polar surface area (TPSA) is 163 Å². The number of carbonyl (C=O) groups is 5. The van der Waals surface area contributed by atoms with E-state index in [9.17, 15) is 29.2 Å². The molecule has 294 valence electrons. The molecule has 0 bridgehead atoms. The van der Waals surface area contributed by atoms with Gasteiger partial charge >= 0.3 is 0 Å². The molecule has 1 spiro atoms. The maximum atomic E-state index is 13.5. The zero-order valence-corrected chi connectivity index (χ0v) is 32.6. The van der Waals surface area contributed by atoms with Crippen LogP contribution in [0.4, 0.5) is 11.5 Å². The van der Waals surface area contributed by atoms with Gasteiger partial charge in [-0.2, -0.15) is 5.26 Å². The van der Waals surface area contributed by atoms with E-state index in [2.05, 4.69) is 43.0 Å². The number of imide groups is 2. The predicted octanol–water partition coefficient (Wildman–Crippen LogP) is 4.16. The van der Waals surface area contributed by atoms with Gasteiger partial charge in [0, 0.05) is 70.5 Å². The van der Waals surface area contributed by atoms with Crippen LogP contribution >= 0.6 is 11.6 Å². The molecular formula is C42H44ClN9O5. The lowest BCUT2D eigenvalue weighted by Crippen LogP contribution is -2.54. The Hall–Kier alpha value is -5.39. The van der Waals surface area contributed by atoms with Crippen molar-refractivity contribution in [1.29, 1.82) is 5.26 Å². The molecule has 0 radical (unpaired) electrons. The number of nitrogens with zero attached hydrogens (tertiary/aromatic N) is 8. The SMILES string of the molecule is C[C@H]1CC2(CCN(c3cnc(C(=O)N4CCC(CN5Cc6cc7c(cc6C5)C(=O)N(C5CCC(=O)NC5=O)C7=O)CC4)cn3)CC2)CN1c1ccc(C#N)c(Cl)c1. The fraction of sp³-hybridized carbons (Fsp3) is 0.476. The lowest BCUT2D eigenvalue weighted by atomic mass is 9.77. The van der Waals surface area contributed by atoms with Gasteiger partial charge in [0.05, 0.1) is 34.1 Å². The minimum atomic E-state index is -0.975. The first-order valence-corrected chi connectivity index (χ1v) is 20.3. The van der Waals surface area contributed by atoms with Gasteiger partial charge in [0.15, 0.2) is 0 Å². The first kappa shape index (κ1) is 37.2. The number of halogens is 1. The Morgan fingerprint density at radius 2 is 1.65 bits per heavy atom. The maximum absolute atomic E-state index is 13.5. The summed E-state index contributed by atoms with van der Waals surface area (Å²) in [6.07, 6.45) is 8.45. The largest absolute Gasteiger partial charge is 0.368 e. The molecule has 1 aromatic heterocycles. The minimum Gasteiger partial charge on any atom is -0.368 e. The van der Waals surface area contributed by atoms with Gasteiger partial charge in [-0.15, -0.1) is 0 Å². The first-order valence-electron chi connectivity index (χ1n) is 19.9. The predicted molar refractivity (Wildman–Crippen MR) is 209 cm³/mol. The number of carbonyl (C=O) groups excluding carboxylic acids is 5. The molecule has 57 heavy (non-hydrogen) atoms. The average molecular weight is 790 g/mol. The van der Waals surface area contributed by atoms with E-state index in [-0.39, 0.29) is 24.2 Å². The summed E-state index contributed by atoms with van der Waals surface area (Å²) in [7, 11) is 0. The summed E-state index contributed by atoms with van der Waals surface area (Å²) in [6, 6.07) is 10.8. The summed E-state index contributed by atoms with van der Waals surface area (Å²) in [5.74, 6) is -0.887. The molecule has 0 aliphatic carbocycles. The van der Waals surface area contributed by atoms with Crippen LogP contribution in [0.3, 0.4) is 0 Å². The number of fused-ring (bicyclic) bond motifs is 2. The molecule has 3 aromatic rings. The first-order chi connectivity index (χ1) is 27.5. The zero-order valence-electron chi connectivity index (χ0n) is 31.9. The van der Waals surface area contributed by atoms with Gasteiger partial charge in [-0.25, -0.2) is 9.97 Å². The van der Waals surface area contributed by atoms with Crippen molar-refractivity contribution in [1.82, 2.24) is 30.0 Å². The van der Waals surface area contributed by atoms with Crippen molar-refractivity contribution in [3.63, 3.8) is 0 Å². The molecule has 4 saturated heterocycles. The molecule has 15 heteroatoms. The molecule has 0 saturated carbocycles. The molecule has 2 aromatic carbocycles. The van der Waals surface area contributed by atoms with Crippen molar-refractivity contribution in [3.05, 3.63) is 81.3 Å². The van der Waals surface area contributed by atoms with Crippen LogP contribution in [0.15, 0.2) is 42.7 Å². The minimum absolute atomic E-state index is 0.0880. The summed E-state index contributed by atoms with van der Waals surface area (Å²) in [5, 5.41) is 12.0. The molecule has 9 rings (SSSR count). The van der Waals surface area contributed by atoms with Gasteiger partial charge in [0.2, 0.25) is 11.8 Å². The number of anilines is 2. The van der Waals surface area contributed by atoms with Crippen LogP contribution in [-0.2, 0) is 22.7 Å². The van der Waals surface area contributed by atoms with Crippen molar-refractivity contribution >= 4 is 52.6 Å². The van der Waals surface area contributed by atoms with Crippen LogP contribution in [0, 0.1) is 22.7 Å². The Morgan fingerprint density at radius 1 is 0.947 bits per heavy atom. The molecule has 2 atom stereocenters. The monoisotopic (exact) mass is 789 g/mol. The van der Waals surface area contributed by atoms with Crippen molar-refractivity contribution < 1.29 is 24.0 Å². The van der Waals surface area contributed by atoms with Crippen LogP contribution < -0.4 is 15.1 Å². The van der Waals surface area contributed by atoms with Crippen molar-refractivity contribution in [2.24, 2.45) is 11.3 Å². The molecule has 1 N–H and O–H groups in total. The van der Waals surface area contributed by atoms with Gasteiger partial charge in [-0.3, -0.25) is 39.1 Å². The van der Waals surface area contributed by atoms with Gasteiger partial charge in [-0.1, -0.05) is 11.6 Å². The van der Waals surface area contributed by atoms with Crippen LogP contribution in [0.2, 0.25) is 5.02 Å². The van der Waals surface area contributed by atoms with Crippen LogP contribution in [-0.4, -0.2) is 106 Å². The zero-order chi connectivity index (χ0) is 39.6. The number of piperidine rings is 3. The van der Waals surface area contributed by atoms with E-state index >= 15 is 0 Å². The Kier molecular flexibility index (Phi) is 9.48. The van der Waals surface area contributed by atoms with Crippen LogP contribution in [0.1, 0.15) is 99.8 Å². The standard InChI is InChI=1S/C42H44ClN9O5/c1-25-17-42(24-51(25)30-3-2-27(18-44)33(43)16-30)8-12-49(13-9-42)36-20-45-34(19-46-36)41(57)50-10-6-26(7-11-50)21-48-22-28-14-31-32(15-29(28)23-48)40(56)52(39(31)55)35-4-5-37(53)47-38(35)54/h2-3,14-16,19-20,25-26,35H,4-13,17,21-24H2,1H3,(H,47,53,54)/t25-,35?/m0/s1. The lowest BCUT2D eigenvalue weighted by Gasteiger charge is -2.39. The van der Waals surface area contributed by atoms with Gasteiger partial charge in [0.25, 0.3) is 17.7 Å². The van der Waals surface area contributed by atoms with Gasteiger partial charge < -0.3 is 14.7 Å². The van der Waals surface area contributed by atoms with Crippen molar-refractivity contribution in [2.75, 3.05) is 49.1 Å². The molecule has 7 heterocycles. The van der Waals surface area contributed by atoms with Crippen LogP contribution in [0.5, 0.6) is 0 Å². The number of nitriles is 1. The molecule has 6 aliphatic rings. The maximum Gasteiger partial charge on any atom is 0.274 e. The quantitative estimate of drug-likeness (QED) is 0.357. The molecule has 5 amide bonds. The highest BCUT2D eigenvalue weighted by Gasteiger charge is 2.46. The second-order valence-electron chi connectivity index (χ2n) is 16.7. The molecular weight excluding hydrogens is 746 g/mol. The summed E-state index contributed by atoms with van der Waals surface area (Å²) in [6.45, 7) is 8.39. The lowest BCUT2D eigenvalue weighted by molar-refractivity contribution is -0.136. The molecule has 14 nitrogen and oxygen atoms in total. The second-order valence-corrected chi connectivity index (χ2v) is 17.1. The number of amides is 5.